The molecule has 0 aromatic heterocycles. The van der Waals surface area contributed by atoms with Gasteiger partial charge in [0.1, 0.15) is 18.9 Å². The van der Waals surface area contributed by atoms with E-state index in [1.807, 2.05) is 0 Å². The number of rotatable bonds is 5. The number of halogens is 2. The van der Waals surface area contributed by atoms with E-state index in [2.05, 4.69) is 5.32 Å². The largest absolute Gasteiger partial charge is 0.494 e. The molecule has 1 aliphatic heterocycles. The van der Waals surface area contributed by atoms with E-state index in [-0.39, 0.29) is 23.7 Å². The molecule has 0 saturated carbocycles. The molecule has 0 spiro atoms. The zero-order valence-corrected chi connectivity index (χ0v) is 13.9. The Morgan fingerprint density at radius 2 is 2.08 bits per heavy atom. The molecule has 9 heteroatoms. The minimum atomic E-state index is -0.804. The molecule has 1 aliphatic rings. The first kappa shape index (κ1) is 17.1. The van der Waals surface area contributed by atoms with Crippen molar-refractivity contribution >= 4 is 23.0 Å². The van der Waals surface area contributed by atoms with Crippen LogP contribution < -0.4 is 19.5 Å². The van der Waals surface area contributed by atoms with Crippen molar-refractivity contribution in [3.63, 3.8) is 0 Å². The second-order valence-corrected chi connectivity index (χ2v) is 5.62. The molecule has 25 heavy (non-hydrogen) atoms. The van der Waals surface area contributed by atoms with Gasteiger partial charge >= 0.3 is 0 Å². The predicted octanol–water partition coefficient (Wildman–Crippen LogP) is 3.78. The van der Waals surface area contributed by atoms with Crippen LogP contribution in [0.3, 0.4) is 0 Å². The number of nitro benzene ring substituents is 1. The first-order chi connectivity index (χ1) is 12.0. The molecule has 7 nitrogen and oxygen atoms in total. The van der Waals surface area contributed by atoms with Gasteiger partial charge in [0.25, 0.3) is 5.69 Å². The van der Waals surface area contributed by atoms with Gasteiger partial charge in [-0.15, -0.1) is 0 Å². The Hall–Kier alpha value is -2.74. The number of hydrogen-bond acceptors (Lipinski definition) is 6. The first-order valence-electron chi connectivity index (χ1n) is 7.33. The summed E-state index contributed by atoms with van der Waals surface area (Å²) in [6.45, 7) is 1.05. The van der Waals surface area contributed by atoms with Crippen LogP contribution in [0, 0.1) is 15.9 Å². The number of nitrogens with zero attached hydrogens (tertiary/aromatic N) is 1. The fourth-order valence-electron chi connectivity index (χ4n) is 2.46. The molecule has 1 heterocycles. The molecule has 0 atom stereocenters. The summed E-state index contributed by atoms with van der Waals surface area (Å²) >= 11 is 6.17. The Morgan fingerprint density at radius 1 is 1.32 bits per heavy atom. The van der Waals surface area contributed by atoms with E-state index in [9.17, 15) is 14.5 Å². The zero-order chi connectivity index (χ0) is 18.0. The van der Waals surface area contributed by atoms with Gasteiger partial charge in [0.05, 0.1) is 23.1 Å². The molecule has 2 aromatic carbocycles. The SMILES string of the molecule is COc1cc(NCc2cc(Cl)c3c(c2)OCCO3)c([N+](=O)[O-])cc1F. The highest BCUT2D eigenvalue weighted by Crippen LogP contribution is 2.39. The second-order valence-electron chi connectivity index (χ2n) is 5.22. The molecule has 132 valence electrons. The lowest BCUT2D eigenvalue weighted by Crippen LogP contribution is -2.16. The Labute approximate surface area is 147 Å². The van der Waals surface area contributed by atoms with Crippen molar-refractivity contribution in [1.82, 2.24) is 0 Å². The fraction of sp³-hybridized carbons (Fsp3) is 0.250. The van der Waals surface area contributed by atoms with Gasteiger partial charge in [0.15, 0.2) is 23.1 Å². The predicted molar refractivity (Wildman–Crippen MR) is 89.4 cm³/mol. The maximum Gasteiger partial charge on any atom is 0.295 e. The van der Waals surface area contributed by atoms with Crippen LogP contribution in [-0.4, -0.2) is 25.2 Å². The molecule has 0 bridgehead atoms. The third-order valence-electron chi connectivity index (χ3n) is 3.61. The van der Waals surface area contributed by atoms with Gasteiger partial charge in [-0.25, -0.2) is 4.39 Å². The molecule has 0 aliphatic carbocycles. The molecular weight excluding hydrogens is 355 g/mol. The van der Waals surface area contributed by atoms with E-state index in [0.717, 1.165) is 11.6 Å². The van der Waals surface area contributed by atoms with E-state index in [1.54, 1.807) is 12.1 Å². The minimum Gasteiger partial charge on any atom is -0.494 e. The quantitative estimate of drug-likeness (QED) is 0.638. The monoisotopic (exact) mass is 368 g/mol. The van der Waals surface area contributed by atoms with Crippen molar-refractivity contribution in [3.05, 3.63) is 50.8 Å². The van der Waals surface area contributed by atoms with Gasteiger partial charge in [-0.2, -0.15) is 0 Å². The topological polar surface area (TPSA) is 82.9 Å². The fourth-order valence-corrected chi connectivity index (χ4v) is 2.74. The van der Waals surface area contributed by atoms with Crippen LogP contribution in [0.5, 0.6) is 17.2 Å². The van der Waals surface area contributed by atoms with Crippen LogP contribution in [0.25, 0.3) is 0 Å². The van der Waals surface area contributed by atoms with E-state index < -0.39 is 10.7 Å². The summed E-state index contributed by atoms with van der Waals surface area (Å²) in [4.78, 5) is 10.5. The summed E-state index contributed by atoms with van der Waals surface area (Å²) < 4.78 is 29.5. The number of anilines is 1. The summed E-state index contributed by atoms with van der Waals surface area (Å²) in [5.74, 6) is 0.100. The number of benzene rings is 2. The number of methoxy groups -OCH3 is 1. The third-order valence-corrected chi connectivity index (χ3v) is 3.89. The standard InChI is InChI=1S/C16H14ClFN2O5/c1-23-14-7-12(13(20(21)22)6-11(14)18)19-8-9-4-10(17)16-15(5-9)24-2-3-25-16/h4-7,19H,2-3,8H2,1H3. The van der Waals surface area contributed by atoms with Gasteiger partial charge < -0.3 is 19.5 Å². The molecule has 2 aromatic rings. The van der Waals surface area contributed by atoms with Crippen LogP contribution in [0.1, 0.15) is 5.56 Å². The van der Waals surface area contributed by atoms with Gasteiger partial charge in [-0.1, -0.05) is 11.6 Å². The minimum absolute atomic E-state index is 0.0895. The van der Waals surface area contributed by atoms with Crippen molar-refractivity contribution in [1.29, 1.82) is 0 Å². The summed E-state index contributed by atoms with van der Waals surface area (Å²) in [6.07, 6.45) is 0. The highest BCUT2D eigenvalue weighted by atomic mass is 35.5. The van der Waals surface area contributed by atoms with E-state index >= 15 is 0 Å². The average molecular weight is 369 g/mol. The summed E-state index contributed by atoms with van der Waals surface area (Å²) in [5.41, 5.74) is 0.475. The number of hydrogen-bond donors (Lipinski definition) is 1. The van der Waals surface area contributed by atoms with Crippen LogP contribution in [0.4, 0.5) is 15.8 Å². The average Bonchev–Trinajstić information content (AvgIpc) is 2.60. The van der Waals surface area contributed by atoms with Gasteiger partial charge in [-0.3, -0.25) is 10.1 Å². The lowest BCUT2D eigenvalue weighted by Gasteiger charge is -2.20. The molecule has 1 N–H and O–H groups in total. The summed E-state index contributed by atoms with van der Waals surface area (Å²) in [7, 11) is 1.29. The molecule has 0 fully saturated rings. The molecule has 0 saturated heterocycles. The smallest absolute Gasteiger partial charge is 0.295 e. The molecule has 0 amide bonds. The Balaban J connectivity index is 1.86. The van der Waals surface area contributed by atoms with Crippen LogP contribution in [0.15, 0.2) is 24.3 Å². The number of ether oxygens (including phenoxy) is 3. The molecule has 0 unspecified atom stereocenters. The molecule has 0 radical (unpaired) electrons. The van der Waals surface area contributed by atoms with E-state index in [0.29, 0.717) is 29.7 Å². The lowest BCUT2D eigenvalue weighted by molar-refractivity contribution is -0.384. The van der Waals surface area contributed by atoms with E-state index in [1.165, 1.54) is 13.2 Å². The van der Waals surface area contributed by atoms with Crippen molar-refractivity contribution in [2.45, 2.75) is 6.54 Å². The molecule has 3 rings (SSSR count). The van der Waals surface area contributed by atoms with Crippen LogP contribution in [0.2, 0.25) is 5.02 Å². The van der Waals surface area contributed by atoms with Gasteiger partial charge in [0.2, 0.25) is 0 Å². The first-order valence-corrected chi connectivity index (χ1v) is 7.71. The Bertz CT molecular complexity index is 831. The van der Waals surface area contributed by atoms with E-state index in [4.69, 9.17) is 25.8 Å². The lowest BCUT2D eigenvalue weighted by atomic mass is 10.1. The van der Waals surface area contributed by atoms with Crippen LogP contribution in [-0.2, 0) is 6.54 Å². The summed E-state index contributed by atoms with van der Waals surface area (Å²) in [6, 6.07) is 5.47. The highest BCUT2D eigenvalue weighted by molar-refractivity contribution is 6.32. The zero-order valence-electron chi connectivity index (χ0n) is 13.2. The highest BCUT2D eigenvalue weighted by Gasteiger charge is 2.20. The van der Waals surface area contributed by atoms with Gasteiger partial charge in [0, 0.05) is 12.6 Å². The van der Waals surface area contributed by atoms with Gasteiger partial charge in [-0.05, 0) is 17.7 Å². The maximum absolute atomic E-state index is 13.7. The Kier molecular flexibility index (Phi) is 4.80. The summed E-state index contributed by atoms with van der Waals surface area (Å²) in [5, 5.41) is 14.4. The molecular formula is C16H14ClFN2O5. The van der Waals surface area contributed by atoms with Crippen molar-refractivity contribution in [3.8, 4) is 17.2 Å². The second kappa shape index (κ2) is 7.02. The normalized spacial score (nSPS) is 12.6. The number of nitrogens with one attached hydrogen (secondary N) is 1. The van der Waals surface area contributed by atoms with Crippen molar-refractivity contribution in [2.24, 2.45) is 0 Å². The van der Waals surface area contributed by atoms with Crippen LogP contribution >= 0.6 is 11.6 Å². The maximum atomic E-state index is 13.7. The third kappa shape index (κ3) is 3.53. The number of nitro groups is 1. The number of fused-ring (bicyclic) bond motifs is 1. The van der Waals surface area contributed by atoms with Crippen molar-refractivity contribution in [2.75, 3.05) is 25.6 Å². The van der Waals surface area contributed by atoms with Crippen molar-refractivity contribution < 1.29 is 23.5 Å². The Morgan fingerprint density at radius 3 is 2.80 bits per heavy atom.